The van der Waals surface area contributed by atoms with Gasteiger partial charge in [-0.2, -0.15) is 0 Å². The summed E-state index contributed by atoms with van der Waals surface area (Å²) >= 11 is 1.60. The Morgan fingerprint density at radius 2 is 2.30 bits per heavy atom. The van der Waals surface area contributed by atoms with Crippen LogP contribution in [0.3, 0.4) is 0 Å². The zero-order chi connectivity index (χ0) is 13.4. The van der Waals surface area contributed by atoms with E-state index in [1.165, 1.54) is 4.68 Å². The van der Waals surface area contributed by atoms with E-state index in [1.807, 2.05) is 18.4 Å². The molecule has 0 saturated heterocycles. The fraction of sp³-hybridized carbons (Fsp3) is 0.167. The van der Waals surface area contributed by atoms with Crippen molar-refractivity contribution in [3.8, 4) is 0 Å². The second kappa shape index (κ2) is 5.81. The number of anilines is 1. The molecule has 0 saturated carbocycles. The maximum absolute atomic E-state index is 12.2. The van der Waals surface area contributed by atoms with Gasteiger partial charge in [0.25, 0.3) is 0 Å². The summed E-state index contributed by atoms with van der Waals surface area (Å²) in [5.74, 6) is 0.0811. The van der Waals surface area contributed by atoms with Crippen molar-refractivity contribution in [2.75, 3.05) is 5.32 Å². The number of carbonyl (C=O) groups excluding carboxylic acids is 1. The maximum atomic E-state index is 12.2. The van der Waals surface area contributed by atoms with Crippen molar-refractivity contribution >= 4 is 33.3 Å². The summed E-state index contributed by atoms with van der Waals surface area (Å²) in [7, 11) is 1.66. The van der Waals surface area contributed by atoms with Gasteiger partial charge in [-0.1, -0.05) is 22.1 Å². The number of nitrogens with one attached hydrogen (secondary N) is 1. The van der Waals surface area contributed by atoms with Crippen LogP contribution in [-0.2, 0) is 28.1 Å². The van der Waals surface area contributed by atoms with Crippen LogP contribution >= 0.6 is 11.3 Å². The fourth-order valence-corrected chi connectivity index (χ4v) is 2.71. The van der Waals surface area contributed by atoms with Crippen LogP contribution in [-0.4, -0.2) is 26.1 Å². The first-order valence-electron chi connectivity index (χ1n) is 5.59. The minimum atomic E-state index is -0.234. The molecule has 0 aliphatic rings. The van der Waals surface area contributed by atoms with Gasteiger partial charge in [0.2, 0.25) is 11.9 Å². The van der Waals surface area contributed by atoms with Crippen LogP contribution in [0.1, 0.15) is 15.9 Å². The molecule has 0 atom stereocenters. The molecule has 0 bridgehead atoms. The third-order valence-electron chi connectivity index (χ3n) is 2.87. The zero-order valence-corrected chi connectivity index (χ0v) is 14.5. The third kappa shape index (κ3) is 2.51. The average molecular weight is 456 g/mol. The third-order valence-corrected chi connectivity index (χ3v) is 3.91. The van der Waals surface area contributed by atoms with E-state index in [0.29, 0.717) is 11.5 Å². The molecular weight excluding hydrogens is 446 g/mol. The number of benzene rings is 1. The summed E-state index contributed by atoms with van der Waals surface area (Å²) in [5, 5.41) is 16.6. The molecule has 2 aromatic heterocycles. The van der Waals surface area contributed by atoms with Gasteiger partial charge in [-0.05, 0) is 16.0 Å². The van der Waals surface area contributed by atoms with Crippen LogP contribution in [0.2, 0.25) is 0 Å². The van der Waals surface area contributed by atoms with Crippen molar-refractivity contribution in [1.29, 1.82) is 0 Å². The number of hydrogen-bond donors (Lipinski definition) is 1. The molecule has 6 nitrogen and oxygen atoms in total. The Morgan fingerprint density at radius 3 is 3.00 bits per heavy atom. The Labute approximate surface area is 133 Å². The van der Waals surface area contributed by atoms with Crippen molar-refractivity contribution < 1.29 is 25.9 Å². The fourth-order valence-electron chi connectivity index (χ4n) is 1.83. The van der Waals surface area contributed by atoms with Gasteiger partial charge in [-0.15, -0.1) is 29.1 Å². The van der Waals surface area contributed by atoms with Gasteiger partial charge in [0.05, 0.1) is 0 Å². The summed E-state index contributed by atoms with van der Waals surface area (Å²) in [6.45, 7) is 1.93. The van der Waals surface area contributed by atoms with Gasteiger partial charge >= 0.3 is 0 Å². The van der Waals surface area contributed by atoms with E-state index in [4.69, 9.17) is 0 Å². The molecule has 0 fully saturated rings. The summed E-state index contributed by atoms with van der Waals surface area (Å²) in [5.41, 5.74) is 1.52. The van der Waals surface area contributed by atoms with Crippen molar-refractivity contribution in [1.82, 2.24) is 20.2 Å². The molecule has 0 unspecified atom stereocenters. The van der Waals surface area contributed by atoms with Crippen LogP contribution in [0.25, 0.3) is 10.1 Å². The number of amides is 1. The van der Waals surface area contributed by atoms with Gasteiger partial charge in [-0.25, -0.2) is 16.0 Å². The van der Waals surface area contributed by atoms with Crippen molar-refractivity contribution in [2.24, 2.45) is 7.05 Å². The summed E-state index contributed by atoms with van der Waals surface area (Å²) < 4.78 is 2.48. The van der Waals surface area contributed by atoms with Crippen molar-refractivity contribution in [3.05, 3.63) is 34.7 Å². The maximum Gasteiger partial charge on any atom is 0.248 e. The second-order valence-corrected chi connectivity index (χ2v) is 4.99. The van der Waals surface area contributed by atoms with Gasteiger partial charge in [0.1, 0.15) is 0 Å². The van der Waals surface area contributed by atoms with Gasteiger partial charge in [0.15, 0.2) is 0 Å². The quantitative estimate of drug-likeness (QED) is 0.598. The topological polar surface area (TPSA) is 72.7 Å². The van der Waals surface area contributed by atoms with Gasteiger partial charge < -0.3 is 0 Å². The van der Waals surface area contributed by atoms with E-state index in [-0.39, 0.29) is 27.0 Å². The normalized spacial score (nSPS) is 10.3. The van der Waals surface area contributed by atoms with Crippen LogP contribution in [0.15, 0.2) is 17.5 Å². The number of nitrogens with zero attached hydrogens (tertiary/aromatic N) is 4. The average Bonchev–Trinajstić information content (AvgIpc) is 3.00. The predicted octanol–water partition coefficient (Wildman–Crippen LogP) is 1.78. The number of fused-ring (bicyclic) bond motifs is 1. The molecule has 0 spiro atoms. The molecule has 102 valence electrons. The Kier molecular flexibility index (Phi) is 4.30. The molecule has 0 radical (unpaired) electrons. The molecule has 20 heavy (non-hydrogen) atoms. The van der Waals surface area contributed by atoms with Crippen molar-refractivity contribution in [3.63, 3.8) is 0 Å². The molecule has 1 aromatic carbocycles. The predicted molar refractivity (Wildman–Crippen MR) is 72.1 cm³/mol. The standard InChI is InChI=1S/C12H10N5OS.W/c1-7-9(4-3-8-5-6-19-10(7)8)11(18)13-12-14-15-16-17(12)2;/h4-6H,1-2H3,(H,13,14,16,18);/q-1;. The minimum Gasteiger partial charge on any atom is -0.297 e. The number of carbonyl (C=O) groups is 1. The molecule has 0 aliphatic carbocycles. The SMILES string of the molecule is Cc1c(C(=O)Nc2nnnn2C)c[c-]c2ccsc12.[W]. The zero-order valence-electron chi connectivity index (χ0n) is 10.7. The monoisotopic (exact) mass is 456 g/mol. The Bertz CT molecular complexity index is 766. The molecule has 0 aliphatic heterocycles. The number of thiophene rings is 1. The largest absolute Gasteiger partial charge is 0.297 e. The summed E-state index contributed by atoms with van der Waals surface area (Å²) in [6.07, 6.45) is 0. The van der Waals surface area contributed by atoms with Crippen LogP contribution in [0, 0.1) is 13.0 Å². The van der Waals surface area contributed by atoms with E-state index in [9.17, 15) is 4.79 Å². The molecule has 1 amide bonds. The Hall–Kier alpha value is -1.59. The second-order valence-electron chi connectivity index (χ2n) is 4.07. The smallest absolute Gasteiger partial charge is 0.248 e. The first-order valence-corrected chi connectivity index (χ1v) is 6.47. The van der Waals surface area contributed by atoms with E-state index in [2.05, 4.69) is 26.9 Å². The Balaban J connectivity index is 0.00000147. The van der Waals surface area contributed by atoms with Crippen LogP contribution in [0.5, 0.6) is 0 Å². The molecule has 8 heteroatoms. The Morgan fingerprint density at radius 1 is 1.50 bits per heavy atom. The summed E-state index contributed by atoms with van der Waals surface area (Å²) in [6, 6.07) is 6.79. The molecule has 3 rings (SSSR count). The molecule has 1 N–H and O–H groups in total. The number of rotatable bonds is 2. The van der Waals surface area contributed by atoms with E-state index >= 15 is 0 Å². The molecule has 2 heterocycles. The van der Waals surface area contributed by atoms with Gasteiger partial charge in [0, 0.05) is 28.1 Å². The number of hydrogen-bond acceptors (Lipinski definition) is 5. The number of aryl methyl sites for hydroxylation is 2. The number of aromatic nitrogens is 4. The van der Waals surface area contributed by atoms with E-state index in [1.54, 1.807) is 24.5 Å². The first-order chi connectivity index (χ1) is 9.16. The van der Waals surface area contributed by atoms with Crippen LogP contribution < -0.4 is 5.32 Å². The first kappa shape index (κ1) is 14.8. The van der Waals surface area contributed by atoms with Crippen LogP contribution in [0.4, 0.5) is 5.95 Å². The number of tetrazole rings is 1. The minimum absolute atomic E-state index is 0. The van der Waals surface area contributed by atoms with Gasteiger partial charge in [-0.3, -0.25) is 10.1 Å². The molecular formula is C12H10N5OSW-. The van der Waals surface area contributed by atoms with Crippen molar-refractivity contribution in [2.45, 2.75) is 6.92 Å². The van der Waals surface area contributed by atoms with E-state index in [0.717, 1.165) is 15.6 Å². The summed E-state index contributed by atoms with van der Waals surface area (Å²) in [4.78, 5) is 12.2. The molecule has 3 aromatic rings. The van der Waals surface area contributed by atoms with E-state index < -0.39 is 0 Å².